The normalized spacial score (nSPS) is 15.1. The zero-order valence-corrected chi connectivity index (χ0v) is 19.0. The number of halogens is 2. The molecule has 2 aromatic carbocycles. The second-order valence-corrected chi connectivity index (χ2v) is 9.42. The maximum Gasteiger partial charge on any atom is 0.267 e. The monoisotopic (exact) mass is 495 g/mol. The number of nitrogens with two attached hydrogens (primary N) is 1. The van der Waals surface area contributed by atoms with Gasteiger partial charge in [-0.25, -0.2) is 8.42 Å². The molecule has 9 nitrogen and oxygen atoms in total. The Morgan fingerprint density at radius 3 is 2.50 bits per heavy atom. The first kappa shape index (κ1) is 23.8. The van der Waals surface area contributed by atoms with Gasteiger partial charge in [0.2, 0.25) is 10.0 Å². The van der Waals surface area contributed by atoms with Gasteiger partial charge in [0, 0.05) is 25.0 Å². The number of nitriles is 1. The Kier molecular flexibility index (Phi) is 7.60. The fraction of sp³-hybridized carbons (Fsp3) is 0.200. The smallest absolute Gasteiger partial charge is 0.267 e. The minimum absolute atomic E-state index is 0.0244. The van der Waals surface area contributed by atoms with Crippen LogP contribution < -0.4 is 16.4 Å². The SMILES string of the molecule is N#C/C(=C/Nc1cc(S(=O)(=O)N2CCOCC2)ccc1Cl)C(=O)Nc1ccc(N)cc1Cl. The van der Waals surface area contributed by atoms with E-state index in [4.69, 9.17) is 33.7 Å². The van der Waals surface area contributed by atoms with Crippen molar-refractivity contribution in [3.8, 4) is 6.07 Å². The van der Waals surface area contributed by atoms with Gasteiger partial charge in [-0.3, -0.25) is 4.79 Å². The predicted octanol–water partition coefficient (Wildman–Crippen LogP) is 3.05. The molecule has 3 rings (SSSR count). The van der Waals surface area contributed by atoms with Crippen molar-refractivity contribution < 1.29 is 17.9 Å². The number of nitrogens with zero attached hydrogens (tertiary/aromatic N) is 2. The standard InChI is InChI=1S/C20H19Cl2N5O4S/c21-16-3-2-15(32(29,30)27-5-7-31-8-6-27)10-19(16)25-12-13(11-23)20(28)26-18-4-1-14(24)9-17(18)22/h1-4,9-10,12,25H,5-8,24H2,(H,26,28)/b13-12-. The Labute approximate surface area is 195 Å². The fourth-order valence-electron chi connectivity index (χ4n) is 2.83. The van der Waals surface area contributed by atoms with Crippen LogP contribution in [0.2, 0.25) is 10.0 Å². The highest BCUT2D eigenvalue weighted by Crippen LogP contribution is 2.28. The molecule has 0 aromatic heterocycles. The van der Waals surface area contributed by atoms with Crippen molar-refractivity contribution in [2.75, 3.05) is 42.7 Å². The first-order valence-electron chi connectivity index (χ1n) is 9.33. The van der Waals surface area contributed by atoms with E-state index in [9.17, 15) is 18.5 Å². The van der Waals surface area contributed by atoms with E-state index in [2.05, 4.69) is 10.6 Å². The number of carbonyl (C=O) groups excluding carboxylic acids is 1. The van der Waals surface area contributed by atoms with Crippen LogP contribution in [0, 0.1) is 11.3 Å². The number of sulfonamides is 1. The lowest BCUT2D eigenvalue weighted by Crippen LogP contribution is -2.40. The van der Waals surface area contributed by atoms with Gasteiger partial charge < -0.3 is 21.1 Å². The summed E-state index contributed by atoms with van der Waals surface area (Å²) >= 11 is 12.2. The van der Waals surface area contributed by atoms with Gasteiger partial charge in [0.25, 0.3) is 5.91 Å². The Morgan fingerprint density at radius 2 is 1.84 bits per heavy atom. The number of hydrogen-bond donors (Lipinski definition) is 3. The Hall–Kier alpha value is -2.81. The van der Waals surface area contributed by atoms with Crippen LogP contribution in [0.3, 0.4) is 0 Å². The van der Waals surface area contributed by atoms with Gasteiger partial charge >= 0.3 is 0 Å². The van der Waals surface area contributed by atoms with Crippen molar-refractivity contribution >= 4 is 56.2 Å². The average molecular weight is 496 g/mol. The van der Waals surface area contributed by atoms with Gasteiger partial charge in [0.05, 0.1) is 39.5 Å². The first-order chi connectivity index (χ1) is 15.2. The van der Waals surface area contributed by atoms with Gasteiger partial charge in [-0.15, -0.1) is 0 Å². The highest BCUT2D eigenvalue weighted by Gasteiger charge is 2.26. The molecule has 0 saturated carbocycles. The summed E-state index contributed by atoms with van der Waals surface area (Å²) in [5.74, 6) is -0.722. The van der Waals surface area contributed by atoms with E-state index in [1.165, 1.54) is 34.6 Å². The summed E-state index contributed by atoms with van der Waals surface area (Å²) < 4.78 is 32.2. The molecule has 0 spiro atoms. The highest BCUT2D eigenvalue weighted by molar-refractivity contribution is 7.89. The molecule has 0 aliphatic carbocycles. The maximum absolute atomic E-state index is 12.9. The topological polar surface area (TPSA) is 138 Å². The number of hydrogen-bond acceptors (Lipinski definition) is 7. The summed E-state index contributed by atoms with van der Waals surface area (Å²) in [6, 6.07) is 10.5. The van der Waals surface area contributed by atoms with E-state index in [1.54, 1.807) is 12.1 Å². The molecule has 12 heteroatoms. The molecular weight excluding hydrogens is 477 g/mol. The second kappa shape index (κ2) is 10.2. The average Bonchev–Trinajstić information content (AvgIpc) is 2.77. The molecule has 0 unspecified atom stereocenters. The maximum atomic E-state index is 12.9. The molecule has 0 radical (unpaired) electrons. The zero-order valence-electron chi connectivity index (χ0n) is 16.6. The van der Waals surface area contributed by atoms with Gasteiger partial charge in [0.1, 0.15) is 11.6 Å². The third-order valence-electron chi connectivity index (χ3n) is 4.52. The van der Waals surface area contributed by atoms with Crippen LogP contribution in [0.15, 0.2) is 53.1 Å². The third-order valence-corrected chi connectivity index (χ3v) is 7.06. The highest BCUT2D eigenvalue weighted by atomic mass is 35.5. The van der Waals surface area contributed by atoms with E-state index in [0.717, 1.165) is 6.20 Å². The molecule has 1 amide bonds. The van der Waals surface area contributed by atoms with E-state index in [-0.39, 0.29) is 45.0 Å². The summed E-state index contributed by atoms with van der Waals surface area (Å²) in [6.07, 6.45) is 1.13. The first-order valence-corrected chi connectivity index (χ1v) is 11.5. The molecule has 168 valence electrons. The summed E-state index contributed by atoms with van der Waals surface area (Å²) in [5, 5.41) is 15.0. The largest absolute Gasteiger partial charge is 0.399 e. The molecule has 0 atom stereocenters. The third kappa shape index (κ3) is 5.51. The van der Waals surface area contributed by atoms with Crippen LogP contribution >= 0.6 is 23.2 Å². The summed E-state index contributed by atoms with van der Waals surface area (Å²) in [4.78, 5) is 12.5. The number of nitrogens with one attached hydrogen (secondary N) is 2. The van der Waals surface area contributed by atoms with E-state index in [1.807, 2.05) is 0 Å². The van der Waals surface area contributed by atoms with Crippen LogP contribution in [-0.4, -0.2) is 44.9 Å². The lowest BCUT2D eigenvalue weighted by molar-refractivity contribution is -0.112. The Bertz CT molecular complexity index is 1200. The molecule has 0 bridgehead atoms. The zero-order chi connectivity index (χ0) is 23.3. The van der Waals surface area contributed by atoms with Crippen molar-refractivity contribution in [3.05, 3.63) is 58.2 Å². The molecule has 1 heterocycles. The number of morpholine rings is 1. The second-order valence-electron chi connectivity index (χ2n) is 6.67. The van der Waals surface area contributed by atoms with Crippen LogP contribution in [0.25, 0.3) is 0 Å². The Morgan fingerprint density at radius 1 is 1.12 bits per heavy atom. The van der Waals surface area contributed by atoms with E-state index in [0.29, 0.717) is 18.9 Å². The molecule has 2 aromatic rings. The van der Waals surface area contributed by atoms with Crippen molar-refractivity contribution in [1.82, 2.24) is 4.31 Å². The van der Waals surface area contributed by atoms with Gasteiger partial charge in [-0.2, -0.15) is 9.57 Å². The van der Waals surface area contributed by atoms with Gasteiger partial charge in [-0.1, -0.05) is 23.2 Å². The number of nitrogen functional groups attached to an aromatic ring is 1. The number of carbonyl (C=O) groups is 1. The van der Waals surface area contributed by atoms with Crippen molar-refractivity contribution in [2.24, 2.45) is 0 Å². The van der Waals surface area contributed by atoms with Crippen molar-refractivity contribution in [3.63, 3.8) is 0 Å². The number of rotatable bonds is 6. The van der Waals surface area contributed by atoms with Crippen LogP contribution in [-0.2, 0) is 19.6 Å². The molecule has 32 heavy (non-hydrogen) atoms. The Balaban J connectivity index is 1.80. The molecule has 1 aliphatic rings. The minimum atomic E-state index is -3.75. The van der Waals surface area contributed by atoms with Crippen LogP contribution in [0.5, 0.6) is 0 Å². The van der Waals surface area contributed by atoms with Crippen molar-refractivity contribution in [2.45, 2.75) is 4.90 Å². The summed E-state index contributed by atoms with van der Waals surface area (Å²) in [6.45, 7) is 1.14. The lowest BCUT2D eigenvalue weighted by Gasteiger charge is -2.26. The number of ether oxygens (including phenoxy) is 1. The molecule has 1 fully saturated rings. The lowest BCUT2D eigenvalue weighted by atomic mass is 10.2. The number of amides is 1. The number of anilines is 3. The van der Waals surface area contributed by atoms with Gasteiger partial charge in [0.15, 0.2) is 0 Å². The fourth-order valence-corrected chi connectivity index (χ4v) is 4.68. The van der Waals surface area contributed by atoms with E-state index >= 15 is 0 Å². The predicted molar refractivity (Wildman–Crippen MR) is 123 cm³/mol. The summed E-state index contributed by atoms with van der Waals surface area (Å²) in [5.41, 5.74) is 6.26. The minimum Gasteiger partial charge on any atom is -0.399 e. The summed E-state index contributed by atoms with van der Waals surface area (Å²) in [7, 11) is -3.75. The van der Waals surface area contributed by atoms with E-state index < -0.39 is 15.9 Å². The van der Waals surface area contributed by atoms with Gasteiger partial charge in [-0.05, 0) is 36.4 Å². The van der Waals surface area contributed by atoms with Crippen molar-refractivity contribution in [1.29, 1.82) is 5.26 Å². The molecule has 4 N–H and O–H groups in total. The molecular formula is C20H19Cl2N5O4S. The number of benzene rings is 2. The molecule has 1 saturated heterocycles. The van der Waals surface area contributed by atoms with Crippen LogP contribution in [0.4, 0.5) is 17.1 Å². The quantitative estimate of drug-likeness (QED) is 0.318. The van der Waals surface area contributed by atoms with Crippen LogP contribution in [0.1, 0.15) is 0 Å². The molecule has 1 aliphatic heterocycles.